The highest BCUT2D eigenvalue weighted by Gasteiger charge is 2.25. The summed E-state index contributed by atoms with van der Waals surface area (Å²) in [5.41, 5.74) is 2.64. The predicted octanol–water partition coefficient (Wildman–Crippen LogP) is 6.12. The van der Waals surface area contributed by atoms with Crippen LogP contribution in [0.1, 0.15) is 80.1 Å². The normalized spacial score (nSPS) is 13.5. The van der Waals surface area contributed by atoms with Crippen molar-refractivity contribution in [2.24, 2.45) is 0 Å². The second-order valence-corrected chi connectivity index (χ2v) is 9.81. The quantitative estimate of drug-likeness (QED) is 0.252. The van der Waals surface area contributed by atoms with Crippen LogP contribution in [0.5, 0.6) is 0 Å². The maximum absolute atomic E-state index is 6.51. The zero-order valence-corrected chi connectivity index (χ0v) is 15.1. The van der Waals surface area contributed by atoms with Gasteiger partial charge in [-0.2, -0.15) is 0 Å². The van der Waals surface area contributed by atoms with Gasteiger partial charge in [-0.3, -0.25) is 0 Å². The lowest BCUT2D eigenvalue weighted by molar-refractivity contribution is 0.179. The van der Waals surface area contributed by atoms with Crippen molar-refractivity contribution in [3.63, 3.8) is 0 Å². The Morgan fingerprint density at radius 2 is 1.63 bits per heavy atom. The monoisotopic (exact) mass is 283 g/mol. The van der Waals surface area contributed by atoms with Crippen LogP contribution in [-0.2, 0) is 4.43 Å². The van der Waals surface area contributed by atoms with Gasteiger partial charge in [0.25, 0.3) is 0 Å². The summed E-state index contributed by atoms with van der Waals surface area (Å²) in [5.74, 6) is 0. The molecular formula is C17H35OSi. The van der Waals surface area contributed by atoms with E-state index in [-0.39, 0.29) is 0 Å². The molecule has 1 nitrogen and oxygen atoms in total. The Balaban J connectivity index is 4.34. The summed E-state index contributed by atoms with van der Waals surface area (Å²) < 4.78 is 6.51. The standard InChI is InChI=1S/C17H35OSi/c1-8-9-10-11-12-17(13-14(2)3)18-19(15(4)5)16(6)7/h15-17H,2,8-13H2,1,3-7H3. The van der Waals surface area contributed by atoms with Crippen molar-refractivity contribution in [3.8, 4) is 0 Å². The van der Waals surface area contributed by atoms with E-state index in [1.54, 1.807) is 0 Å². The van der Waals surface area contributed by atoms with Crippen molar-refractivity contribution in [1.29, 1.82) is 0 Å². The van der Waals surface area contributed by atoms with Crippen LogP contribution in [0, 0.1) is 0 Å². The molecule has 0 fully saturated rings. The Bertz CT molecular complexity index is 227. The lowest BCUT2D eigenvalue weighted by Crippen LogP contribution is -2.31. The lowest BCUT2D eigenvalue weighted by atomic mass is 10.0. The third-order valence-electron chi connectivity index (χ3n) is 3.40. The van der Waals surface area contributed by atoms with Gasteiger partial charge >= 0.3 is 0 Å². The summed E-state index contributed by atoms with van der Waals surface area (Å²) >= 11 is 0. The number of rotatable bonds is 11. The van der Waals surface area contributed by atoms with Gasteiger partial charge in [-0.05, 0) is 30.8 Å². The molecule has 0 aliphatic heterocycles. The summed E-state index contributed by atoms with van der Waals surface area (Å²) in [6.07, 6.45) is 7.97. The van der Waals surface area contributed by atoms with Crippen molar-refractivity contribution in [2.45, 2.75) is 97.3 Å². The highest BCUT2D eigenvalue weighted by atomic mass is 28.3. The molecule has 0 spiro atoms. The van der Waals surface area contributed by atoms with Crippen LogP contribution in [0.4, 0.5) is 0 Å². The van der Waals surface area contributed by atoms with Gasteiger partial charge in [-0.15, -0.1) is 6.58 Å². The molecule has 19 heavy (non-hydrogen) atoms. The van der Waals surface area contributed by atoms with E-state index in [0.717, 1.165) is 6.42 Å². The molecule has 1 unspecified atom stereocenters. The molecule has 0 saturated heterocycles. The SMILES string of the molecule is C=C(C)CC(CCCCCC)O[Si](C(C)C)C(C)C. The first-order valence-electron chi connectivity index (χ1n) is 8.06. The van der Waals surface area contributed by atoms with Gasteiger partial charge in [0, 0.05) is 6.10 Å². The van der Waals surface area contributed by atoms with Gasteiger partial charge < -0.3 is 4.43 Å². The van der Waals surface area contributed by atoms with E-state index in [2.05, 4.69) is 48.1 Å². The van der Waals surface area contributed by atoms with Crippen LogP contribution in [0.15, 0.2) is 12.2 Å². The third-order valence-corrected chi connectivity index (χ3v) is 6.28. The Hall–Kier alpha value is -0.0831. The zero-order valence-electron chi connectivity index (χ0n) is 14.1. The lowest BCUT2D eigenvalue weighted by Gasteiger charge is -2.28. The van der Waals surface area contributed by atoms with Gasteiger partial charge in [0.2, 0.25) is 9.04 Å². The number of hydrogen-bond acceptors (Lipinski definition) is 1. The van der Waals surface area contributed by atoms with Gasteiger partial charge in [0.1, 0.15) is 0 Å². The van der Waals surface area contributed by atoms with E-state index in [0.29, 0.717) is 17.2 Å². The molecule has 0 N–H and O–H groups in total. The van der Waals surface area contributed by atoms with Crippen molar-refractivity contribution in [1.82, 2.24) is 0 Å². The van der Waals surface area contributed by atoms with Crippen molar-refractivity contribution in [2.75, 3.05) is 0 Å². The molecule has 0 saturated carbocycles. The van der Waals surface area contributed by atoms with E-state index >= 15 is 0 Å². The molecule has 0 aromatic rings. The Labute approximate surface area is 123 Å². The van der Waals surface area contributed by atoms with Crippen LogP contribution in [-0.4, -0.2) is 15.1 Å². The minimum Gasteiger partial charge on any atom is -0.413 e. The molecule has 0 rings (SSSR count). The summed E-state index contributed by atoms with van der Waals surface area (Å²) in [4.78, 5) is 0. The first-order chi connectivity index (χ1) is 8.88. The molecule has 113 valence electrons. The van der Waals surface area contributed by atoms with Gasteiger partial charge in [-0.25, -0.2) is 0 Å². The Morgan fingerprint density at radius 3 is 2.05 bits per heavy atom. The second kappa shape index (κ2) is 10.7. The largest absolute Gasteiger partial charge is 0.413 e. The van der Waals surface area contributed by atoms with Crippen LogP contribution in [0.25, 0.3) is 0 Å². The molecule has 0 aliphatic carbocycles. The average Bonchev–Trinajstić information content (AvgIpc) is 2.29. The Kier molecular flexibility index (Phi) is 10.6. The Morgan fingerprint density at radius 1 is 1.05 bits per heavy atom. The molecule has 0 aromatic carbocycles. The average molecular weight is 284 g/mol. The van der Waals surface area contributed by atoms with Crippen LogP contribution >= 0.6 is 0 Å². The molecule has 0 aromatic heterocycles. The molecule has 1 radical (unpaired) electrons. The molecule has 0 aliphatic rings. The molecule has 0 amide bonds. The summed E-state index contributed by atoms with van der Waals surface area (Å²) in [5, 5.41) is 0. The topological polar surface area (TPSA) is 9.23 Å². The molecular weight excluding hydrogens is 248 g/mol. The van der Waals surface area contributed by atoms with E-state index in [1.165, 1.54) is 37.7 Å². The van der Waals surface area contributed by atoms with E-state index < -0.39 is 9.04 Å². The fourth-order valence-electron chi connectivity index (χ4n) is 2.52. The molecule has 0 bridgehead atoms. The van der Waals surface area contributed by atoms with Crippen LogP contribution < -0.4 is 0 Å². The maximum atomic E-state index is 6.51. The number of hydrogen-bond donors (Lipinski definition) is 0. The fourth-order valence-corrected chi connectivity index (χ4v) is 4.99. The molecule has 0 heterocycles. The van der Waals surface area contributed by atoms with E-state index in [9.17, 15) is 0 Å². The van der Waals surface area contributed by atoms with Crippen molar-refractivity contribution >= 4 is 9.04 Å². The predicted molar refractivity (Wildman–Crippen MR) is 89.0 cm³/mol. The van der Waals surface area contributed by atoms with Crippen LogP contribution in [0.2, 0.25) is 11.1 Å². The van der Waals surface area contributed by atoms with E-state index in [1.807, 2.05) is 0 Å². The van der Waals surface area contributed by atoms with Gasteiger partial charge in [0.05, 0.1) is 0 Å². The first kappa shape index (κ1) is 18.9. The zero-order chi connectivity index (χ0) is 14.8. The maximum Gasteiger partial charge on any atom is 0.217 e. The van der Waals surface area contributed by atoms with E-state index in [4.69, 9.17) is 4.43 Å². The highest BCUT2D eigenvalue weighted by molar-refractivity contribution is 6.55. The summed E-state index contributed by atoms with van der Waals surface area (Å²) in [6, 6.07) is 0. The number of unbranched alkanes of at least 4 members (excludes halogenated alkanes) is 3. The molecule has 2 heteroatoms. The fraction of sp³-hybridized carbons (Fsp3) is 0.882. The highest BCUT2D eigenvalue weighted by Crippen LogP contribution is 2.25. The molecule has 1 atom stereocenters. The van der Waals surface area contributed by atoms with Gasteiger partial charge in [-0.1, -0.05) is 65.9 Å². The minimum atomic E-state index is -0.706. The van der Waals surface area contributed by atoms with Crippen LogP contribution in [0.3, 0.4) is 0 Å². The van der Waals surface area contributed by atoms with Crippen molar-refractivity contribution in [3.05, 3.63) is 12.2 Å². The first-order valence-corrected chi connectivity index (χ1v) is 9.62. The summed E-state index contributed by atoms with van der Waals surface area (Å²) in [6.45, 7) is 17.7. The summed E-state index contributed by atoms with van der Waals surface area (Å²) in [7, 11) is -0.706. The second-order valence-electron chi connectivity index (χ2n) is 6.46. The minimum absolute atomic E-state index is 0.410. The third kappa shape index (κ3) is 9.45. The smallest absolute Gasteiger partial charge is 0.217 e. The van der Waals surface area contributed by atoms with Gasteiger partial charge in [0.15, 0.2) is 0 Å². The van der Waals surface area contributed by atoms with Crippen molar-refractivity contribution < 1.29 is 4.43 Å².